The molecule has 0 radical (unpaired) electrons. The largest absolute Gasteiger partial charge is 0.399 e. The van der Waals surface area contributed by atoms with E-state index in [9.17, 15) is 0 Å². The van der Waals surface area contributed by atoms with Gasteiger partial charge in [-0.15, -0.1) is 11.8 Å². The number of nitrogen functional groups attached to an aromatic ring is 1. The van der Waals surface area contributed by atoms with Gasteiger partial charge in [-0.2, -0.15) is 0 Å². The minimum absolute atomic E-state index is 0.719. The van der Waals surface area contributed by atoms with Gasteiger partial charge in [-0.05, 0) is 24.6 Å². The zero-order chi connectivity index (χ0) is 9.97. The molecule has 0 amide bonds. The Labute approximate surface area is 89.3 Å². The second kappa shape index (κ2) is 4.13. The zero-order valence-electron chi connectivity index (χ0n) is 8.42. The molecule has 2 rings (SSSR count). The van der Waals surface area contributed by atoms with E-state index < -0.39 is 0 Å². The molecule has 1 aromatic rings. The van der Waals surface area contributed by atoms with Crippen LogP contribution < -0.4 is 11.1 Å². The molecule has 1 aliphatic heterocycles. The minimum Gasteiger partial charge on any atom is -0.399 e. The molecule has 1 atom stereocenters. The van der Waals surface area contributed by atoms with Crippen LogP contribution in [0.25, 0.3) is 0 Å². The average Bonchev–Trinajstić information content (AvgIpc) is 2.19. The fourth-order valence-electron chi connectivity index (χ4n) is 1.72. The van der Waals surface area contributed by atoms with Crippen molar-refractivity contribution in [2.24, 2.45) is 0 Å². The predicted molar refractivity (Wildman–Crippen MR) is 63.9 cm³/mol. The lowest BCUT2D eigenvalue weighted by molar-refractivity contribution is 0.753. The van der Waals surface area contributed by atoms with Gasteiger partial charge >= 0.3 is 0 Å². The van der Waals surface area contributed by atoms with Gasteiger partial charge in [0.25, 0.3) is 0 Å². The maximum Gasteiger partial charge on any atom is 0.0499 e. The Morgan fingerprint density at radius 1 is 1.57 bits per heavy atom. The fourth-order valence-corrected chi connectivity index (χ4v) is 3.00. The summed E-state index contributed by atoms with van der Waals surface area (Å²) in [6, 6.07) is 6.11. The first-order chi connectivity index (χ1) is 6.79. The first kappa shape index (κ1) is 9.71. The van der Waals surface area contributed by atoms with Gasteiger partial charge in [0.15, 0.2) is 0 Å². The lowest BCUT2D eigenvalue weighted by Crippen LogP contribution is -2.21. The van der Waals surface area contributed by atoms with Gasteiger partial charge in [-0.25, -0.2) is 0 Å². The van der Waals surface area contributed by atoms with E-state index >= 15 is 0 Å². The van der Waals surface area contributed by atoms with E-state index in [0.29, 0.717) is 0 Å². The van der Waals surface area contributed by atoms with E-state index in [0.717, 1.165) is 17.5 Å². The van der Waals surface area contributed by atoms with Gasteiger partial charge in [-0.1, -0.05) is 13.3 Å². The summed E-state index contributed by atoms with van der Waals surface area (Å²) in [5.74, 6) is 0. The summed E-state index contributed by atoms with van der Waals surface area (Å²) in [7, 11) is 0. The summed E-state index contributed by atoms with van der Waals surface area (Å²) in [4.78, 5) is 1.34. The second-order valence-electron chi connectivity index (χ2n) is 3.67. The van der Waals surface area contributed by atoms with Gasteiger partial charge in [0.2, 0.25) is 0 Å². The number of nitrogens with two attached hydrogens (primary N) is 1. The molecule has 0 aliphatic carbocycles. The lowest BCUT2D eigenvalue weighted by Gasteiger charge is -2.25. The standard InChI is InChI=1S/C11H16N2S/c1-2-3-9-7-13-10-6-8(12)4-5-11(10)14-9/h4-6,9,13H,2-3,7,12H2,1H3. The monoisotopic (exact) mass is 208 g/mol. The molecular formula is C11H16N2S. The lowest BCUT2D eigenvalue weighted by atomic mass is 10.2. The quantitative estimate of drug-likeness (QED) is 0.734. The highest BCUT2D eigenvalue weighted by molar-refractivity contribution is 8.00. The Hall–Kier alpha value is -0.830. The van der Waals surface area contributed by atoms with Crippen molar-refractivity contribution >= 4 is 23.1 Å². The Morgan fingerprint density at radius 2 is 2.43 bits per heavy atom. The molecule has 0 bridgehead atoms. The normalized spacial score (nSPS) is 19.9. The summed E-state index contributed by atoms with van der Waals surface area (Å²) in [6.45, 7) is 3.30. The van der Waals surface area contributed by atoms with Crippen molar-refractivity contribution in [3.63, 3.8) is 0 Å². The third-order valence-corrected chi connectivity index (χ3v) is 3.77. The molecule has 14 heavy (non-hydrogen) atoms. The molecule has 3 heteroatoms. The minimum atomic E-state index is 0.719. The number of fused-ring (bicyclic) bond motifs is 1. The van der Waals surface area contributed by atoms with Gasteiger partial charge in [0, 0.05) is 28.1 Å². The highest BCUT2D eigenvalue weighted by Crippen LogP contribution is 2.37. The molecule has 1 aromatic carbocycles. The van der Waals surface area contributed by atoms with Crippen molar-refractivity contribution in [2.45, 2.75) is 29.9 Å². The van der Waals surface area contributed by atoms with Crippen LogP contribution in [0.2, 0.25) is 0 Å². The highest BCUT2D eigenvalue weighted by atomic mass is 32.2. The molecule has 1 heterocycles. The van der Waals surface area contributed by atoms with E-state index in [1.54, 1.807) is 0 Å². The molecule has 0 fully saturated rings. The summed E-state index contributed by atoms with van der Waals surface area (Å²) in [5.41, 5.74) is 7.76. The average molecular weight is 208 g/mol. The van der Waals surface area contributed by atoms with Crippen molar-refractivity contribution in [1.82, 2.24) is 0 Å². The van der Waals surface area contributed by atoms with E-state index in [-0.39, 0.29) is 0 Å². The second-order valence-corrected chi connectivity index (χ2v) is 5.01. The van der Waals surface area contributed by atoms with Gasteiger partial charge in [0.1, 0.15) is 0 Å². The number of thioether (sulfide) groups is 1. The van der Waals surface area contributed by atoms with Crippen LogP contribution in [-0.2, 0) is 0 Å². The van der Waals surface area contributed by atoms with E-state index in [1.165, 1.54) is 23.4 Å². The van der Waals surface area contributed by atoms with Crippen LogP contribution in [0.4, 0.5) is 11.4 Å². The molecule has 1 unspecified atom stereocenters. The first-order valence-corrected chi connectivity index (χ1v) is 5.97. The van der Waals surface area contributed by atoms with E-state index in [4.69, 9.17) is 5.73 Å². The third-order valence-electron chi connectivity index (χ3n) is 2.43. The fraction of sp³-hybridized carbons (Fsp3) is 0.455. The Morgan fingerprint density at radius 3 is 3.21 bits per heavy atom. The molecule has 3 N–H and O–H groups in total. The van der Waals surface area contributed by atoms with Crippen molar-refractivity contribution in [2.75, 3.05) is 17.6 Å². The van der Waals surface area contributed by atoms with Crippen molar-refractivity contribution in [1.29, 1.82) is 0 Å². The van der Waals surface area contributed by atoms with Gasteiger partial charge < -0.3 is 11.1 Å². The summed E-state index contributed by atoms with van der Waals surface area (Å²) < 4.78 is 0. The van der Waals surface area contributed by atoms with Crippen LogP contribution >= 0.6 is 11.8 Å². The van der Waals surface area contributed by atoms with Crippen LogP contribution in [-0.4, -0.2) is 11.8 Å². The van der Waals surface area contributed by atoms with Crippen molar-refractivity contribution in [3.05, 3.63) is 18.2 Å². The molecular weight excluding hydrogens is 192 g/mol. The van der Waals surface area contributed by atoms with Crippen molar-refractivity contribution < 1.29 is 0 Å². The molecule has 0 saturated heterocycles. The number of hydrogen-bond acceptors (Lipinski definition) is 3. The Balaban J connectivity index is 2.15. The number of anilines is 2. The van der Waals surface area contributed by atoms with E-state index in [1.807, 2.05) is 23.9 Å². The third kappa shape index (κ3) is 1.98. The van der Waals surface area contributed by atoms with Gasteiger partial charge in [0.05, 0.1) is 0 Å². The Kier molecular flexibility index (Phi) is 2.87. The SMILES string of the molecule is CCCC1CNc2cc(N)ccc2S1. The van der Waals surface area contributed by atoms with E-state index in [2.05, 4.69) is 18.3 Å². The maximum absolute atomic E-state index is 5.73. The highest BCUT2D eigenvalue weighted by Gasteiger charge is 2.17. The summed E-state index contributed by atoms with van der Waals surface area (Å²) in [6.07, 6.45) is 2.53. The molecule has 0 spiro atoms. The van der Waals surface area contributed by atoms with Crippen LogP contribution in [0.15, 0.2) is 23.1 Å². The summed E-state index contributed by atoms with van der Waals surface area (Å²) in [5, 5.41) is 4.16. The zero-order valence-corrected chi connectivity index (χ0v) is 9.23. The molecule has 1 aliphatic rings. The number of benzene rings is 1. The van der Waals surface area contributed by atoms with Crippen molar-refractivity contribution in [3.8, 4) is 0 Å². The van der Waals surface area contributed by atoms with Crippen LogP contribution in [0, 0.1) is 0 Å². The molecule has 2 nitrogen and oxygen atoms in total. The maximum atomic E-state index is 5.73. The number of hydrogen-bond donors (Lipinski definition) is 2. The molecule has 0 saturated carbocycles. The van der Waals surface area contributed by atoms with Crippen LogP contribution in [0.3, 0.4) is 0 Å². The topological polar surface area (TPSA) is 38.0 Å². The van der Waals surface area contributed by atoms with Gasteiger partial charge in [-0.3, -0.25) is 0 Å². The predicted octanol–water partition coefficient (Wildman–Crippen LogP) is 2.96. The number of nitrogens with one attached hydrogen (secondary N) is 1. The van der Waals surface area contributed by atoms with Crippen LogP contribution in [0.1, 0.15) is 19.8 Å². The Bertz CT molecular complexity index is 325. The molecule has 76 valence electrons. The number of rotatable bonds is 2. The van der Waals surface area contributed by atoms with Crippen LogP contribution in [0.5, 0.6) is 0 Å². The first-order valence-electron chi connectivity index (χ1n) is 5.09. The summed E-state index contributed by atoms with van der Waals surface area (Å²) >= 11 is 1.97. The smallest absolute Gasteiger partial charge is 0.0499 e. The molecule has 0 aromatic heterocycles.